The highest BCUT2D eigenvalue weighted by molar-refractivity contribution is 6.03. The van der Waals surface area contributed by atoms with Crippen LogP contribution in [0.25, 0.3) is 0 Å². The molecule has 2 atom stereocenters. The summed E-state index contributed by atoms with van der Waals surface area (Å²) in [6.07, 6.45) is 7.90. The Labute approximate surface area is 218 Å². The molecule has 1 aliphatic carbocycles. The van der Waals surface area contributed by atoms with Gasteiger partial charge in [-0.3, -0.25) is 19.5 Å². The second kappa shape index (κ2) is 11.3. The number of piperidine rings is 1. The van der Waals surface area contributed by atoms with E-state index in [9.17, 15) is 18.4 Å². The van der Waals surface area contributed by atoms with Crippen LogP contribution >= 0.6 is 0 Å². The molecule has 1 saturated carbocycles. The summed E-state index contributed by atoms with van der Waals surface area (Å²) in [7, 11) is 0. The van der Waals surface area contributed by atoms with E-state index >= 15 is 0 Å². The normalized spacial score (nSPS) is 21.2. The second-order valence-corrected chi connectivity index (χ2v) is 11.4. The number of rotatable bonds is 6. The minimum absolute atomic E-state index is 0.00753. The third-order valence-corrected chi connectivity index (χ3v) is 7.41. The Kier molecular flexibility index (Phi) is 8.26. The van der Waals surface area contributed by atoms with Crippen molar-refractivity contribution in [2.45, 2.75) is 95.2 Å². The van der Waals surface area contributed by atoms with Gasteiger partial charge in [0, 0.05) is 36.1 Å². The van der Waals surface area contributed by atoms with Crippen LogP contribution in [0.2, 0.25) is 0 Å². The molecular formula is C29H38F2N4O2. The second-order valence-electron chi connectivity index (χ2n) is 11.4. The Morgan fingerprint density at radius 2 is 1.78 bits per heavy atom. The molecule has 2 amide bonds. The fourth-order valence-electron chi connectivity index (χ4n) is 5.21. The number of amides is 2. The number of nitrogens with zero attached hydrogens (tertiary/aromatic N) is 2. The van der Waals surface area contributed by atoms with Gasteiger partial charge in [-0.25, -0.2) is 8.78 Å². The summed E-state index contributed by atoms with van der Waals surface area (Å²) >= 11 is 0. The van der Waals surface area contributed by atoms with Crippen molar-refractivity contribution in [2.75, 3.05) is 11.4 Å². The molecule has 0 spiro atoms. The van der Waals surface area contributed by atoms with E-state index in [2.05, 4.69) is 36.4 Å². The summed E-state index contributed by atoms with van der Waals surface area (Å²) in [6.45, 7) is 5.75. The van der Waals surface area contributed by atoms with Gasteiger partial charge < -0.3 is 10.6 Å². The zero-order valence-electron chi connectivity index (χ0n) is 22.0. The first-order valence-corrected chi connectivity index (χ1v) is 13.3. The summed E-state index contributed by atoms with van der Waals surface area (Å²) in [6, 6.07) is 9.36. The molecule has 2 aromatic rings. The maximum atomic E-state index is 14.0. The number of hydrogen-bond donors (Lipinski definition) is 2. The predicted molar refractivity (Wildman–Crippen MR) is 141 cm³/mol. The van der Waals surface area contributed by atoms with Gasteiger partial charge in [-0.1, -0.05) is 58.2 Å². The van der Waals surface area contributed by atoms with Crippen LogP contribution in [-0.4, -0.2) is 41.3 Å². The molecule has 1 saturated heterocycles. The first kappa shape index (κ1) is 27.2. The number of benzene rings is 1. The van der Waals surface area contributed by atoms with Crippen molar-refractivity contribution in [1.82, 2.24) is 15.6 Å². The molecule has 4 rings (SSSR count). The molecule has 2 N–H and O–H groups in total. The van der Waals surface area contributed by atoms with E-state index in [4.69, 9.17) is 0 Å². The lowest BCUT2D eigenvalue weighted by atomic mass is 9.87. The summed E-state index contributed by atoms with van der Waals surface area (Å²) in [5.74, 6) is -3.53. The van der Waals surface area contributed by atoms with Gasteiger partial charge in [0.15, 0.2) is 0 Å². The highest BCUT2D eigenvalue weighted by Gasteiger charge is 2.42. The summed E-state index contributed by atoms with van der Waals surface area (Å²) in [5.41, 5.74) is 2.11. The van der Waals surface area contributed by atoms with Crippen molar-refractivity contribution >= 4 is 17.5 Å². The molecule has 8 heteroatoms. The monoisotopic (exact) mass is 512 g/mol. The van der Waals surface area contributed by atoms with Crippen LogP contribution in [0, 0.1) is 0 Å². The topological polar surface area (TPSA) is 74.3 Å². The van der Waals surface area contributed by atoms with Gasteiger partial charge in [-0.05, 0) is 48.4 Å². The predicted octanol–water partition coefficient (Wildman–Crippen LogP) is 5.29. The number of aromatic nitrogens is 1. The Balaban J connectivity index is 1.73. The Morgan fingerprint density at radius 3 is 2.35 bits per heavy atom. The minimum Gasteiger partial charge on any atom is -0.351 e. The highest BCUT2D eigenvalue weighted by Crippen LogP contribution is 2.33. The molecule has 1 aromatic heterocycles. The molecule has 1 aromatic carbocycles. The first-order chi connectivity index (χ1) is 17.5. The van der Waals surface area contributed by atoms with Gasteiger partial charge in [-0.2, -0.15) is 0 Å². The molecule has 200 valence electrons. The standard InChI is InChI=1S/C29H38F2N4O2/c1-28(2,3)21-11-13-23(14-12-21)35(27(37)24-15-16-29(30,31)19-33-24)25(20-8-7-17-32-18-20)26(36)34-22-9-5-4-6-10-22/h7-8,11-14,17-18,22,24-25,33H,4-6,9-10,15-16,19H2,1-3H3,(H,34,36). The molecule has 2 unspecified atom stereocenters. The number of pyridine rings is 1. The fraction of sp³-hybridized carbons (Fsp3) is 0.552. The number of halogens is 2. The lowest BCUT2D eigenvalue weighted by Gasteiger charge is -2.37. The lowest BCUT2D eigenvalue weighted by molar-refractivity contribution is -0.129. The van der Waals surface area contributed by atoms with Gasteiger partial charge in [0.1, 0.15) is 6.04 Å². The molecule has 2 fully saturated rings. The van der Waals surface area contributed by atoms with E-state index in [0.717, 1.165) is 37.7 Å². The SMILES string of the molecule is CC(C)(C)c1ccc(N(C(=O)C2CCC(F)(F)CN2)C(C(=O)NC2CCCCC2)c2cccnc2)cc1. The van der Waals surface area contributed by atoms with Gasteiger partial charge in [0.2, 0.25) is 11.8 Å². The molecule has 0 radical (unpaired) electrons. The van der Waals surface area contributed by atoms with Crippen molar-refractivity contribution in [3.8, 4) is 0 Å². The zero-order chi connectivity index (χ0) is 26.6. The molecule has 2 aliphatic rings. The number of carbonyl (C=O) groups excluding carboxylic acids is 2. The molecule has 2 heterocycles. The highest BCUT2D eigenvalue weighted by atomic mass is 19.3. The number of carbonyl (C=O) groups is 2. The van der Waals surface area contributed by atoms with E-state index in [1.807, 2.05) is 24.3 Å². The maximum Gasteiger partial charge on any atom is 0.260 e. The van der Waals surface area contributed by atoms with Gasteiger partial charge in [-0.15, -0.1) is 0 Å². The van der Waals surface area contributed by atoms with Crippen LogP contribution in [0.3, 0.4) is 0 Å². The number of nitrogens with one attached hydrogen (secondary N) is 2. The van der Waals surface area contributed by atoms with Gasteiger partial charge in [0.25, 0.3) is 5.92 Å². The zero-order valence-corrected chi connectivity index (χ0v) is 22.0. The van der Waals surface area contributed by atoms with E-state index in [-0.39, 0.29) is 30.2 Å². The Bertz CT molecular complexity index is 1050. The van der Waals surface area contributed by atoms with Crippen LogP contribution < -0.4 is 15.5 Å². The van der Waals surface area contributed by atoms with Gasteiger partial charge in [0.05, 0.1) is 12.6 Å². The lowest BCUT2D eigenvalue weighted by Crippen LogP contribution is -2.56. The Morgan fingerprint density at radius 1 is 1.08 bits per heavy atom. The van der Waals surface area contributed by atoms with Crippen LogP contribution in [-0.2, 0) is 15.0 Å². The quantitative estimate of drug-likeness (QED) is 0.552. The van der Waals surface area contributed by atoms with Crippen LogP contribution in [0.15, 0.2) is 48.8 Å². The van der Waals surface area contributed by atoms with E-state index < -0.39 is 30.5 Å². The number of alkyl halides is 2. The largest absolute Gasteiger partial charge is 0.351 e. The number of hydrogen-bond acceptors (Lipinski definition) is 4. The first-order valence-electron chi connectivity index (χ1n) is 13.3. The average molecular weight is 513 g/mol. The van der Waals surface area contributed by atoms with Crippen LogP contribution in [0.1, 0.15) is 82.9 Å². The smallest absolute Gasteiger partial charge is 0.260 e. The van der Waals surface area contributed by atoms with Crippen molar-refractivity contribution in [1.29, 1.82) is 0 Å². The van der Waals surface area contributed by atoms with Crippen LogP contribution in [0.4, 0.5) is 14.5 Å². The summed E-state index contributed by atoms with van der Waals surface area (Å²) in [5, 5.41) is 5.91. The molecule has 37 heavy (non-hydrogen) atoms. The summed E-state index contributed by atoms with van der Waals surface area (Å²) in [4.78, 5) is 33.6. The third kappa shape index (κ3) is 6.72. The minimum atomic E-state index is -2.85. The average Bonchev–Trinajstić information content (AvgIpc) is 2.87. The summed E-state index contributed by atoms with van der Waals surface area (Å²) < 4.78 is 27.7. The van der Waals surface area contributed by atoms with Crippen molar-refractivity contribution in [2.24, 2.45) is 0 Å². The number of anilines is 1. The van der Waals surface area contributed by atoms with Crippen molar-refractivity contribution in [3.05, 3.63) is 59.9 Å². The fourth-order valence-corrected chi connectivity index (χ4v) is 5.21. The van der Waals surface area contributed by atoms with E-state index in [0.29, 0.717) is 11.3 Å². The van der Waals surface area contributed by atoms with E-state index in [1.54, 1.807) is 24.5 Å². The molecule has 0 bridgehead atoms. The molecule has 6 nitrogen and oxygen atoms in total. The van der Waals surface area contributed by atoms with Crippen molar-refractivity contribution < 1.29 is 18.4 Å². The molecular weight excluding hydrogens is 474 g/mol. The third-order valence-electron chi connectivity index (χ3n) is 7.41. The van der Waals surface area contributed by atoms with E-state index in [1.165, 1.54) is 4.90 Å². The molecule has 1 aliphatic heterocycles. The van der Waals surface area contributed by atoms with Gasteiger partial charge >= 0.3 is 0 Å². The Hall–Kier alpha value is -2.87. The van der Waals surface area contributed by atoms with Crippen LogP contribution in [0.5, 0.6) is 0 Å². The maximum absolute atomic E-state index is 14.0. The van der Waals surface area contributed by atoms with Crippen molar-refractivity contribution in [3.63, 3.8) is 0 Å².